The van der Waals surface area contributed by atoms with Gasteiger partial charge < -0.3 is 15.1 Å². The molecule has 0 fully saturated rings. The molecule has 0 radical (unpaired) electrons. The van der Waals surface area contributed by atoms with E-state index in [-0.39, 0.29) is 0 Å². The number of imidazole rings is 2. The highest BCUT2D eigenvalue weighted by molar-refractivity contribution is 5.77. The molecule has 0 atom stereocenters. The minimum Gasteiger partial charge on any atom is -0.369 e. The van der Waals surface area contributed by atoms with Crippen LogP contribution in [0.1, 0.15) is 16.1 Å². The summed E-state index contributed by atoms with van der Waals surface area (Å²) in [5, 5.41) is 0. The molecule has 0 amide bonds. The smallest absolute Gasteiger partial charge is 0.198 e. The van der Waals surface area contributed by atoms with E-state index in [4.69, 9.17) is 5.73 Å². The highest BCUT2D eigenvalue weighted by atomic mass is 16.1. The molecule has 18 heavy (non-hydrogen) atoms. The number of carbonyl (C=O) groups is 1. The summed E-state index contributed by atoms with van der Waals surface area (Å²) in [6, 6.07) is 3.46. The van der Waals surface area contributed by atoms with Crippen molar-refractivity contribution in [3.05, 3.63) is 35.8 Å². The molecule has 0 aliphatic carbocycles. The zero-order valence-corrected chi connectivity index (χ0v) is 9.71. The van der Waals surface area contributed by atoms with Crippen LogP contribution in [0.15, 0.2) is 24.5 Å². The molecule has 0 bridgehead atoms. The van der Waals surface area contributed by atoms with E-state index in [0.717, 1.165) is 23.4 Å². The normalized spacial score (nSPS) is 10.9. The van der Waals surface area contributed by atoms with Gasteiger partial charge in [-0.1, -0.05) is 0 Å². The van der Waals surface area contributed by atoms with Crippen LogP contribution in [-0.4, -0.2) is 25.6 Å². The number of fused-ring (bicyclic) bond motifs is 1. The van der Waals surface area contributed by atoms with Crippen molar-refractivity contribution in [3.8, 4) is 11.4 Å². The van der Waals surface area contributed by atoms with Crippen molar-refractivity contribution in [1.82, 2.24) is 19.4 Å². The Kier molecular flexibility index (Phi) is 2.16. The largest absolute Gasteiger partial charge is 0.369 e. The van der Waals surface area contributed by atoms with Crippen LogP contribution in [0.5, 0.6) is 0 Å². The zero-order chi connectivity index (χ0) is 12.7. The Bertz CT molecular complexity index is 740. The highest BCUT2D eigenvalue weighted by Crippen LogP contribution is 2.21. The number of nitrogens with zero attached hydrogens (tertiary/aromatic N) is 3. The van der Waals surface area contributed by atoms with Gasteiger partial charge in [-0.25, -0.2) is 9.97 Å². The molecule has 0 aliphatic rings. The standard InChI is InChI=1S/C12H11N5O/c1-7-11(16-12(13)14-7)9-5-17-3-2-8(6-18)4-10(17)15-9/h2-6H,1H3,(H3,13,14,16). The zero-order valence-electron chi connectivity index (χ0n) is 9.71. The Morgan fingerprint density at radius 1 is 1.44 bits per heavy atom. The lowest BCUT2D eigenvalue weighted by molar-refractivity contribution is 0.112. The maximum atomic E-state index is 10.7. The first-order valence-electron chi connectivity index (χ1n) is 5.44. The highest BCUT2D eigenvalue weighted by Gasteiger charge is 2.11. The van der Waals surface area contributed by atoms with Gasteiger partial charge in [-0.15, -0.1) is 0 Å². The van der Waals surface area contributed by atoms with Crippen LogP contribution >= 0.6 is 0 Å². The van der Waals surface area contributed by atoms with Crippen molar-refractivity contribution in [2.75, 3.05) is 5.73 Å². The molecular formula is C12H11N5O. The topological polar surface area (TPSA) is 89.1 Å². The molecule has 0 spiro atoms. The lowest BCUT2D eigenvalue weighted by Crippen LogP contribution is -1.85. The van der Waals surface area contributed by atoms with E-state index in [9.17, 15) is 4.79 Å². The van der Waals surface area contributed by atoms with Crippen LogP contribution in [0.2, 0.25) is 0 Å². The summed E-state index contributed by atoms with van der Waals surface area (Å²) in [7, 11) is 0. The van der Waals surface area contributed by atoms with E-state index in [0.29, 0.717) is 17.2 Å². The van der Waals surface area contributed by atoms with E-state index in [1.54, 1.807) is 18.3 Å². The summed E-state index contributed by atoms with van der Waals surface area (Å²) in [6.07, 6.45) is 4.44. The summed E-state index contributed by atoms with van der Waals surface area (Å²) in [6.45, 7) is 1.89. The Hall–Kier alpha value is -2.63. The second kappa shape index (κ2) is 3.69. The number of hydrogen-bond donors (Lipinski definition) is 2. The second-order valence-corrected chi connectivity index (χ2v) is 4.07. The molecule has 90 valence electrons. The third-order valence-electron chi connectivity index (χ3n) is 2.77. The number of H-pyrrole nitrogens is 1. The van der Waals surface area contributed by atoms with Gasteiger partial charge in [-0.3, -0.25) is 4.79 Å². The molecule has 6 nitrogen and oxygen atoms in total. The fourth-order valence-electron chi connectivity index (χ4n) is 1.92. The number of nitrogens with one attached hydrogen (secondary N) is 1. The number of pyridine rings is 1. The molecule has 3 heterocycles. The van der Waals surface area contributed by atoms with Gasteiger partial charge in [-0.2, -0.15) is 0 Å². The number of carbonyl (C=O) groups excluding carboxylic acids is 1. The van der Waals surface area contributed by atoms with Crippen molar-refractivity contribution in [1.29, 1.82) is 0 Å². The number of hydrogen-bond acceptors (Lipinski definition) is 4. The number of nitrogen functional groups attached to an aromatic ring is 1. The van der Waals surface area contributed by atoms with Gasteiger partial charge in [0.05, 0.1) is 0 Å². The van der Waals surface area contributed by atoms with Gasteiger partial charge in [0.25, 0.3) is 0 Å². The van der Waals surface area contributed by atoms with Crippen LogP contribution in [-0.2, 0) is 0 Å². The maximum absolute atomic E-state index is 10.7. The predicted molar refractivity (Wildman–Crippen MR) is 67.3 cm³/mol. The number of aryl methyl sites for hydroxylation is 1. The second-order valence-electron chi connectivity index (χ2n) is 4.07. The van der Waals surface area contributed by atoms with Gasteiger partial charge in [0.1, 0.15) is 23.3 Å². The van der Waals surface area contributed by atoms with E-state index in [1.165, 1.54) is 0 Å². The summed E-state index contributed by atoms with van der Waals surface area (Å²) < 4.78 is 1.84. The van der Waals surface area contributed by atoms with Gasteiger partial charge in [0.2, 0.25) is 0 Å². The van der Waals surface area contributed by atoms with Crippen molar-refractivity contribution in [2.45, 2.75) is 6.92 Å². The first-order valence-corrected chi connectivity index (χ1v) is 5.44. The van der Waals surface area contributed by atoms with E-state index < -0.39 is 0 Å². The summed E-state index contributed by atoms with van der Waals surface area (Å²) in [4.78, 5) is 22.3. The average Bonchev–Trinajstić information content (AvgIpc) is 2.90. The lowest BCUT2D eigenvalue weighted by Gasteiger charge is -1.91. The average molecular weight is 241 g/mol. The van der Waals surface area contributed by atoms with Gasteiger partial charge in [0.15, 0.2) is 5.95 Å². The third kappa shape index (κ3) is 1.55. The van der Waals surface area contributed by atoms with E-state index in [1.807, 2.05) is 17.5 Å². The van der Waals surface area contributed by atoms with E-state index >= 15 is 0 Å². The predicted octanol–water partition coefficient (Wildman–Crippen LogP) is 1.43. The van der Waals surface area contributed by atoms with Crippen molar-refractivity contribution < 1.29 is 4.79 Å². The number of aromatic nitrogens is 4. The Morgan fingerprint density at radius 3 is 2.94 bits per heavy atom. The van der Waals surface area contributed by atoms with Crippen LogP contribution in [0.3, 0.4) is 0 Å². The molecule has 3 aromatic heterocycles. The number of rotatable bonds is 2. The molecular weight excluding hydrogens is 230 g/mol. The number of nitrogens with two attached hydrogens (primary N) is 1. The monoisotopic (exact) mass is 241 g/mol. The fourth-order valence-corrected chi connectivity index (χ4v) is 1.92. The number of aromatic amines is 1. The minimum atomic E-state index is 0.369. The van der Waals surface area contributed by atoms with Gasteiger partial charge in [-0.05, 0) is 19.1 Å². The Balaban J connectivity index is 2.18. The quantitative estimate of drug-likeness (QED) is 0.664. The molecule has 3 N–H and O–H groups in total. The van der Waals surface area contributed by atoms with Crippen molar-refractivity contribution >= 4 is 17.9 Å². The molecule has 3 aromatic rings. The summed E-state index contributed by atoms with van der Waals surface area (Å²) >= 11 is 0. The summed E-state index contributed by atoms with van der Waals surface area (Å²) in [5.41, 5.74) is 9.23. The fraction of sp³-hybridized carbons (Fsp3) is 0.0833. The Morgan fingerprint density at radius 2 is 2.28 bits per heavy atom. The molecule has 0 aliphatic heterocycles. The maximum Gasteiger partial charge on any atom is 0.198 e. The number of anilines is 1. The molecule has 6 heteroatoms. The molecule has 0 saturated heterocycles. The van der Waals surface area contributed by atoms with E-state index in [2.05, 4.69) is 15.0 Å². The van der Waals surface area contributed by atoms with Crippen LogP contribution < -0.4 is 5.73 Å². The minimum absolute atomic E-state index is 0.369. The van der Waals surface area contributed by atoms with Gasteiger partial charge in [0, 0.05) is 23.7 Å². The van der Waals surface area contributed by atoms with Crippen LogP contribution in [0.25, 0.3) is 17.0 Å². The first kappa shape index (κ1) is 10.5. The summed E-state index contributed by atoms with van der Waals surface area (Å²) in [5.74, 6) is 0.369. The van der Waals surface area contributed by atoms with Crippen LogP contribution in [0, 0.1) is 6.92 Å². The molecule has 3 rings (SSSR count). The third-order valence-corrected chi connectivity index (χ3v) is 2.77. The van der Waals surface area contributed by atoms with Gasteiger partial charge >= 0.3 is 0 Å². The molecule has 0 aromatic carbocycles. The molecule has 0 unspecified atom stereocenters. The SMILES string of the molecule is Cc1[nH]c(N)nc1-c1cn2ccc(C=O)cc2n1. The lowest BCUT2D eigenvalue weighted by atomic mass is 10.3. The van der Waals surface area contributed by atoms with Crippen molar-refractivity contribution in [3.63, 3.8) is 0 Å². The number of aldehydes is 1. The Labute approximate surface area is 102 Å². The first-order chi connectivity index (χ1) is 8.67. The van der Waals surface area contributed by atoms with Crippen molar-refractivity contribution in [2.24, 2.45) is 0 Å². The molecule has 0 saturated carbocycles. The van der Waals surface area contributed by atoms with Crippen LogP contribution in [0.4, 0.5) is 5.95 Å².